The zero-order valence-corrected chi connectivity index (χ0v) is 16.0. The molecule has 1 amide bonds. The minimum Gasteiger partial charge on any atom is -0.336 e. The van der Waals surface area contributed by atoms with Gasteiger partial charge in [-0.25, -0.2) is 9.67 Å². The Bertz CT molecular complexity index is 871. The van der Waals surface area contributed by atoms with Gasteiger partial charge < -0.3 is 10.6 Å². The number of rotatable bonds is 4. The maximum Gasteiger partial charge on any atom is 0.293 e. The maximum absolute atomic E-state index is 13.1. The molecule has 1 fully saturated rings. The van der Waals surface area contributed by atoms with Crippen LogP contribution in [-0.4, -0.2) is 44.7 Å². The highest BCUT2D eigenvalue weighted by Crippen LogP contribution is 2.24. The molecule has 1 atom stereocenters. The number of carbonyl (C=O) groups is 1. The van der Waals surface area contributed by atoms with Crippen molar-refractivity contribution in [2.24, 2.45) is 11.7 Å². The van der Waals surface area contributed by atoms with E-state index in [1.165, 1.54) is 0 Å². The topological polar surface area (TPSA) is 77.0 Å². The molecular formula is C22H25N5O. The highest BCUT2D eigenvalue weighted by molar-refractivity contribution is 5.91. The predicted molar refractivity (Wildman–Crippen MR) is 109 cm³/mol. The van der Waals surface area contributed by atoms with Gasteiger partial charge in [0.05, 0.1) is 5.69 Å². The molecule has 6 heteroatoms. The van der Waals surface area contributed by atoms with E-state index in [4.69, 9.17) is 5.73 Å². The van der Waals surface area contributed by atoms with Crippen molar-refractivity contribution in [1.29, 1.82) is 0 Å². The lowest BCUT2D eigenvalue weighted by atomic mass is 9.91. The monoisotopic (exact) mass is 375 g/mol. The Hall–Kier alpha value is -2.99. The number of aromatic nitrogens is 3. The molecule has 1 aliphatic heterocycles. The third-order valence-corrected chi connectivity index (χ3v) is 5.40. The van der Waals surface area contributed by atoms with Gasteiger partial charge in [-0.3, -0.25) is 4.79 Å². The molecule has 1 saturated heterocycles. The Kier molecular flexibility index (Phi) is 5.21. The zero-order valence-electron chi connectivity index (χ0n) is 16.0. The van der Waals surface area contributed by atoms with Gasteiger partial charge in [0.25, 0.3) is 5.91 Å². The number of amides is 1. The van der Waals surface area contributed by atoms with Gasteiger partial charge in [0.1, 0.15) is 0 Å². The number of para-hydroxylation sites is 1. The lowest BCUT2D eigenvalue weighted by molar-refractivity contribution is 0.0669. The summed E-state index contributed by atoms with van der Waals surface area (Å²) in [4.78, 5) is 19.5. The summed E-state index contributed by atoms with van der Waals surface area (Å²) >= 11 is 0. The van der Waals surface area contributed by atoms with E-state index in [0.717, 1.165) is 24.1 Å². The van der Waals surface area contributed by atoms with E-state index in [9.17, 15) is 4.79 Å². The predicted octanol–water partition coefficient (Wildman–Crippen LogP) is 3.13. The van der Waals surface area contributed by atoms with Crippen LogP contribution in [0.25, 0.3) is 17.1 Å². The fraction of sp³-hybridized carbons (Fsp3) is 0.318. The van der Waals surface area contributed by atoms with Crippen molar-refractivity contribution < 1.29 is 4.79 Å². The standard InChI is InChI=1S/C22H25N5O/c1-16(23)17-12-14-26(15-13-17)22(28)20-24-21(18-8-4-2-5-9-18)27(25-20)19-10-6-3-7-11-19/h2-11,16-17H,12-15,23H2,1H3. The van der Waals surface area contributed by atoms with Gasteiger partial charge >= 0.3 is 0 Å². The van der Waals surface area contributed by atoms with E-state index in [2.05, 4.69) is 10.1 Å². The first-order chi connectivity index (χ1) is 13.6. The molecule has 3 aromatic rings. The molecule has 1 aliphatic rings. The molecule has 28 heavy (non-hydrogen) atoms. The molecule has 144 valence electrons. The molecule has 0 bridgehead atoms. The fourth-order valence-corrected chi connectivity index (χ4v) is 3.70. The Morgan fingerprint density at radius 3 is 2.25 bits per heavy atom. The third kappa shape index (κ3) is 3.68. The molecule has 0 saturated carbocycles. The summed E-state index contributed by atoms with van der Waals surface area (Å²) in [5, 5.41) is 4.58. The van der Waals surface area contributed by atoms with Crippen LogP contribution in [0, 0.1) is 5.92 Å². The summed E-state index contributed by atoms with van der Waals surface area (Å²) in [6, 6.07) is 19.8. The van der Waals surface area contributed by atoms with Crippen LogP contribution in [0.3, 0.4) is 0 Å². The number of nitrogens with two attached hydrogens (primary N) is 1. The summed E-state index contributed by atoms with van der Waals surface area (Å²) < 4.78 is 1.75. The molecule has 0 spiro atoms. The Morgan fingerprint density at radius 1 is 1.04 bits per heavy atom. The molecule has 2 heterocycles. The number of likely N-dealkylation sites (tertiary alicyclic amines) is 1. The average molecular weight is 375 g/mol. The summed E-state index contributed by atoms with van der Waals surface area (Å²) in [6.07, 6.45) is 1.85. The van der Waals surface area contributed by atoms with E-state index in [0.29, 0.717) is 24.8 Å². The zero-order chi connectivity index (χ0) is 19.5. The molecule has 2 N–H and O–H groups in total. The largest absolute Gasteiger partial charge is 0.336 e. The van der Waals surface area contributed by atoms with Crippen LogP contribution >= 0.6 is 0 Å². The van der Waals surface area contributed by atoms with E-state index in [1.807, 2.05) is 72.5 Å². The quantitative estimate of drug-likeness (QED) is 0.760. The van der Waals surface area contributed by atoms with Gasteiger partial charge in [0.2, 0.25) is 5.82 Å². The minimum absolute atomic E-state index is 0.116. The smallest absolute Gasteiger partial charge is 0.293 e. The van der Waals surface area contributed by atoms with Crippen molar-refractivity contribution in [3.8, 4) is 17.1 Å². The van der Waals surface area contributed by atoms with E-state index >= 15 is 0 Å². The first-order valence-corrected chi connectivity index (χ1v) is 9.76. The minimum atomic E-state index is -0.116. The average Bonchev–Trinajstić information content (AvgIpc) is 3.20. The summed E-state index contributed by atoms with van der Waals surface area (Å²) in [7, 11) is 0. The molecule has 0 radical (unpaired) electrons. The van der Waals surface area contributed by atoms with Crippen LogP contribution in [0.5, 0.6) is 0 Å². The fourth-order valence-electron chi connectivity index (χ4n) is 3.70. The van der Waals surface area contributed by atoms with Gasteiger partial charge in [-0.2, -0.15) is 0 Å². The number of nitrogens with zero attached hydrogens (tertiary/aromatic N) is 4. The Morgan fingerprint density at radius 2 is 1.64 bits per heavy atom. The molecule has 1 aromatic heterocycles. The third-order valence-electron chi connectivity index (χ3n) is 5.40. The highest BCUT2D eigenvalue weighted by Gasteiger charge is 2.28. The van der Waals surface area contributed by atoms with Crippen LogP contribution in [0.15, 0.2) is 60.7 Å². The summed E-state index contributed by atoms with van der Waals surface area (Å²) in [5.41, 5.74) is 7.82. The van der Waals surface area contributed by atoms with Crippen molar-refractivity contribution in [3.63, 3.8) is 0 Å². The molecule has 2 aromatic carbocycles. The molecule has 1 unspecified atom stereocenters. The Balaban J connectivity index is 1.65. The van der Waals surface area contributed by atoms with Crippen molar-refractivity contribution in [2.75, 3.05) is 13.1 Å². The molecule has 6 nitrogen and oxygen atoms in total. The van der Waals surface area contributed by atoms with Crippen LogP contribution in [-0.2, 0) is 0 Å². The molecule has 0 aliphatic carbocycles. The lowest BCUT2D eigenvalue weighted by Gasteiger charge is -2.33. The highest BCUT2D eigenvalue weighted by atomic mass is 16.2. The lowest BCUT2D eigenvalue weighted by Crippen LogP contribution is -2.42. The van der Waals surface area contributed by atoms with Crippen molar-refractivity contribution in [3.05, 3.63) is 66.5 Å². The van der Waals surface area contributed by atoms with Crippen LogP contribution < -0.4 is 5.73 Å². The van der Waals surface area contributed by atoms with Gasteiger partial charge in [0, 0.05) is 24.7 Å². The van der Waals surface area contributed by atoms with Crippen molar-refractivity contribution >= 4 is 5.91 Å². The molecular weight excluding hydrogens is 350 g/mol. The Labute approximate surface area is 165 Å². The van der Waals surface area contributed by atoms with E-state index in [1.54, 1.807) is 4.68 Å². The van der Waals surface area contributed by atoms with Crippen molar-refractivity contribution in [1.82, 2.24) is 19.7 Å². The number of carbonyl (C=O) groups excluding carboxylic acids is 1. The maximum atomic E-state index is 13.1. The van der Waals surface area contributed by atoms with Gasteiger partial charge in [-0.05, 0) is 37.8 Å². The van der Waals surface area contributed by atoms with Crippen LogP contribution in [0.1, 0.15) is 30.4 Å². The number of hydrogen-bond donors (Lipinski definition) is 1. The molecule has 4 rings (SSSR count). The van der Waals surface area contributed by atoms with Gasteiger partial charge in [-0.15, -0.1) is 5.10 Å². The number of benzene rings is 2. The number of hydrogen-bond acceptors (Lipinski definition) is 4. The second-order valence-electron chi connectivity index (χ2n) is 7.36. The second-order valence-corrected chi connectivity index (χ2v) is 7.36. The van der Waals surface area contributed by atoms with Crippen LogP contribution in [0.4, 0.5) is 0 Å². The van der Waals surface area contributed by atoms with Crippen LogP contribution in [0.2, 0.25) is 0 Å². The first kappa shape index (κ1) is 18.4. The second kappa shape index (κ2) is 7.94. The van der Waals surface area contributed by atoms with Crippen molar-refractivity contribution in [2.45, 2.75) is 25.8 Å². The SMILES string of the molecule is CC(N)C1CCN(C(=O)c2nc(-c3ccccc3)n(-c3ccccc3)n2)CC1. The number of piperidine rings is 1. The summed E-state index contributed by atoms with van der Waals surface area (Å²) in [6.45, 7) is 3.44. The van der Waals surface area contributed by atoms with E-state index in [-0.39, 0.29) is 17.8 Å². The van der Waals surface area contributed by atoms with E-state index < -0.39 is 0 Å². The summed E-state index contributed by atoms with van der Waals surface area (Å²) in [5.74, 6) is 1.26. The van der Waals surface area contributed by atoms with Gasteiger partial charge in [-0.1, -0.05) is 48.5 Å². The first-order valence-electron chi connectivity index (χ1n) is 9.76. The normalized spacial score (nSPS) is 16.1. The van der Waals surface area contributed by atoms with Gasteiger partial charge in [0.15, 0.2) is 5.82 Å².